The Morgan fingerprint density at radius 3 is 2.55 bits per heavy atom. The van der Waals surface area contributed by atoms with Crippen LogP contribution in [0.1, 0.15) is 77.7 Å². The van der Waals surface area contributed by atoms with Crippen molar-refractivity contribution in [1.82, 2.24) is 50.5 Å². The highest BCUT2D eigenvalue weighted by molar-refractivity contribution is 5.93. The van der Waals surface area contributed by atoms with E-state index in [2.05, 4.69) is 46.0 Å². The fraction of sp³-hybridized carbons (Fsp3) is 0.556. The number of aryl methyl sites for hydroxylation is 1. The molecule has 252 valence electrons. The number of nitrogens with zero attached hydrogens (tertiary/aromatic N) is 8. The molecule has 6 rings (SSSR count). The number of halogens is 7. The highest BCUT2D eigenvalue weighted by Gasteiger charge is 2.55. The van der Waals surface area contributed by atoms with Crippen LogP contribution in [-0.2, 0) is 24.7 Å². The van der Waals surface area contributed by atoms with Crippen molar-refractivity contribution in [3.63, 3.8) is 0 Å². The zero-order valence-corrected chi connectivity index (χ0v) is 24.5. The van der Waals surface area contributed by atoms with Crippen LogP contribution in [0.2, 0.25) is 0 Å². The van der Waals surface area contributed by atoms with E-state index in [9.17, 15) is 40.3 Å². The standard InChI is InChI=1S/C27H27F7N10O3/c1-43-11-15(39-42-43)8-25(9-17(27(32,33)34)37-24(25)46)7-13-6-18-36-16(12-44(18)35-10-13)19(14-2-4-26(30,31)5-3-14)38-23(45)21-20(22(28)29)40-47-41-21/h6,10-12,14,17,19,22H,2-5,7-9H2,1H3,(H,37,46)(H,38,45)/t17-,19-,25+/m0/s1. The van der Waals surface area contributed by atoms with Crippen LogP contribution in [0, 0.1) is 11.3 Å². The van der Waals surface area contributed by atoms with Gasteiger partial charge in [-0.1, -0.05) is 5.21 Å². The Morgan fingerprint density at radius 2 is 1.91 bits per heavy atom. The van der Waals surface area contributed by atoms with Crippen LogP contribution in [0.3, 0.4) is 0 Å². The SMILES string of the molecule is Cn1cc(C[C@]2(Cc3cnn4cc([C@@H](NC(=O)c5nonc5C(F)F)C5CCC(F)(F)CC5)nc4c3)C[C@@H](C(F)(F)F)NC2=O)nn1. The van der Waals surface area contributed by atoms with E-state index < -0.39 is 84.4 Å². The molecule has 1 saturated heterocycles. The fourth-order valence-corrected chi connectivity index (χ4v) is 6.34. The summed E-state index contributed by atoms with van der Waals surface area (Å²) >= 11 is 0. The van der Waals surface area contributed by atoms with Gasteiger partial charge in [-0.05, 0) is 53.5 Å². The maximum absolute atomic E-state index is 14.0. The maximum atomic E-state index is 14.0. The van der Waals surface area contributed by atoms with Crippen molar-refractivity contribution in [2.24, 2.45) is 18.4 Å². The van der Waals surface area contributed by atoms with E-state index in [4.69, 9.17) is 0 Å². The molecule has 0 spiro atoms. The number of carbonyl (C=O) groups is 2. The molecule has 0 bridgehead atoms. The van der Waals surface area contributed by atoms with E-state index in [0.717, 1.165) is 0 Å². The second-order valence-corrected chi connectivity index (χ2v) is 12.1. The second kappa shape index (κ2) is 11.9. The third kappa shape index (κ3) is 6.62. The molecule has 1 aliphatic carbocycles. The Labute approximate surface area is 260 Å². The van der Waals surface area contributed by atoms with Gasteiger partial charge in [-0.2, -0.15) is 18.3 Å². The Balaban J connectivity index is 1.31. The number of rotatable bonds is 9. The molecular weight excluding hydrogens is 645 g/mol. The van der Waals surface area contributed by atoms with Crippen molar-refractivity contribution in [2.45, 2.75) is 75.6 Å². The van der Waals surface area contributed by atoms with Gasteiger partial charge in [0, 0.05) is 32.5 Å². The molecule has 13 nitrogen and oxygen atoms in total. The van der Waals surface area contributed by atoms with E-state index in [1.54, 1.807) is 7.05 Å². The van der Waals surface area contributed by atoms with Crippen LogP contribution < -0.4 is 10.6 Å². The number of fused-ring (bicyclic) bond motifs is 1. The Morgan fingerprint density at radius 1 is 1.17 bits per heavy atom. The number of carbonyl (C=O) groups excluding carboxylic acids is 2. The van der Waals surface area contributed by atoms with Crippen LogP contribution in [0.4, 0.5) is 30.7 Å². The van der Waals surface area contributed by atoms with Gasteiger partial charge in [-0.15, -0.1) is 5.10 Å². The number of amides is 2. The van der Waals surface area contributed by atoms with Gasteiger partial charge in [-0.25, -0.2) is 31.7 Å². The van der Waals surface area contributed by atoms with Gasteiger partial charge in [0.1, 0.15) is 6.04 Å². The third-order valence-corrected chi connectivity index (χ3v) is 8.66. The first kappa shape index (κ1) is 32.3. The van der Waals surface area contributed by atoms with Crippen LogP contribution in [0.15, 0.2) is 29.3 Å². The lowest BCUT2D eigenvalue weighted by atomic mass is 9.75. The normalized spacial score (nSPS) is 22.6. The van der Waals surface area contributed by atoms with Crippen LogP contribution in [-0.4, -0.2) is 69.9 Å². The molecule has 20 heteroatoms. The molecular formula is C27H27F7N10O3. The first-order valence-electron chi connectivity index (χ1n) is 14.5. The van der Waals surface area contributed by atoms with Crippen molar-refractivity contribution in [1.29, 1.82) is 0 Å². The van der Waals surface area contributed by atoms with Crippen LogP contribution in [0.25, 0.3) is 5.65 Å². The van der Waals surface area contributed by atoms with Gasteiger partial charge in [0.05, 0.1) is 35.2 Å². The number of nitrogens with one attached hydrogen (secondary N) is 2. The number of hydrogen-bond donors (Lipinski definition) is 2. The van der Waals surface area contributed by atoms with Crippen molar-refractivity contribution in [3.8, 4) is 0 Å². The highest BCUT2D eigenvalue weighted by atomic mass is 19.4. The molecule has 1 saturated carbocycles. The third-order valence-electron chi connectivity index (χ3n) is 8.66. The van der Waals surface area contributed by atoms with Crippen molar-refractivity contribution in [3.05, 3.63) is 53.0 Å². The zero-order valence-electron chi connectivity index (χ0n) is 24.5. The molecule has 4 aromatic heterocycles. The minimum Gasteiger partial charge on any atom is -0.344 e. The lowest BCUT2D eigenvalue weighted by Crippen LogP contribution is -2.39. The number of hydrogen-bond acceptors (Lipinski definition) is 9. The average molecular weight is 673 g/mol. The van der Waals surface area contributed by atoms with Crippen molar-refractivity contribution < 1.29 is 45.0 Å². The van der Waals surface area contributed by atoms with Crippen LogP contribution in [0.5, 0.6) is 0 Å². The average Bonchev–Trinajstić information content (AvgIpc) is 3.78. The highest BCUT2D eigenvalue weighted by Crippen LogP contribution is 2.43. The fourth-order valence-electron chi connectivity index (χ4n) is 6.34. The molecule has 3 atom stereocenters. The lowest BCUT2D eigenvalue weighted by molar-refractivity contribution is -0.155. The second-order valence-electron chi connectivity index (χ2n) is 12.1. The van der Waals surface area contributed by atoms with Gasteiger partial charge in [0.25, 0.3) is 12.3 Å². The lowest BCUT2D eigenvalue weighted by Gasteiger charge is -2.33. The smallest absolute Gasteiger partial charge is 0.344 e. The summed E-state index contributed by atoms with van der Waals surface area (Å²) < 4.78 is 103. The summed E-state index contributed by atoms with van der Waals surface area (Å²) in [4.78, 5) is 30.7. The van der Waals surface area contributed by atoms with Crippen molar-refractivity contribution >= 4 is 17.5 Å². The number of imidazole rings is 1. The molecule has 47 heavy (non-hydrogen) atoms. The summed E-state index contributed by atoms with van der Waals surface area (Å²) in [6.07, 6.45) is -5.42. The van der Waals surface area contributed by atoms with E-state index in [0.29, 0.717) is 11.3 Å². The summed E-state index contributed by atoms with van der Waals surface area (Å²) in [5.41, 5.74) is -2.29. The summed E-state index contributed by atoms with van der Waals surface area (Å²) in [5, 5.41) is 23.0. The zero-order chi connectivity index (χ0) is 33.7. The quantitative estimate of drug-likeness (QED) is 0.253. The summed E-state index contributed by atoms with van der Waals surface area (Å²) in [7, 11) is 1.58. The minimum atomic E-state index is -4.68. The molecule has 2 fully saturated rings. The Kier molecular flexibility index (Phi) is 8.15. The largest absolute Gasteiger partial charge is 0.408 e. The first-order valence-corrected chi connectivity index (χ1v) is 14.5. The molecule has 4 aromatic rings. The predicted molar refractivity (Wildman–Crippen MR) is 143 cm³/mol. The minimum absolute atomic E-state index is 0.0242. The van der Waals surface area contributed by atoms with E-state index in [1.807, 2.05) is 0 Å². The molecule has 2 aliphatic rings. The Bertz CT molecular complexity index is 1780. The molecule has 0 radical (unpaired) electrons. The topological polar surface area (TPSA) is 158 Å². The first-order chi connectivity index (χ1) is 22.1. The summed E-state index contributed by atoms with van der Waals surface area (Å²) in [6.45, 7) is 0. The summed E-state index contributed by atoms with van der Waals surface area (Å²) in [6, 6.07) is -1.60. The molecule has 0 aromatic carbocycles. The molecule has 5 heterocycles. The maximum Gasteiger partial charge on any atom is 0.408 e. The molecule has 0 unspecified atom stereocenters. The van der Waals surface area contributed by atoms with Gasteiger partial charge in [0.2, 0.25) is 17.5 Å². The Hall–Kier alpha value is -4.65. The van der Waals surface area contributed by atoms with E-state index in [-0.39, 0.29) is 37.0 Å². The van der Waals surface area contributed by atoms with Crippen molar-refractivity contribution in [2.75, 3.05) is 0 Å². The predicted octanol–water partition coefficient (Wildman–Crippen LogP) is 3.70. The molecule has 1 aliphatic heterocycles. The van der Waals surface area contributed by atoms with E-state index in [1.165, 1.54) is 33.9 Å². The summed E-state index contributed by atoms with van der Waals surface area (Å²) in [5.74, 6) is -5.36. The molecule has 2 amide bonds. The van der Waals surface area contributed by atoms with Gasteiger partial charge in [0.15, 0.2) is 11.3 Å². The van der Waals surface area contributed by atoms with Crippen LogP contribution >= 0.6 is 0 Å². The number of alkyl halides is 7. The van der Waals surface area contributed by atoms with Gasteiger partial charge in [-0.3, -0.25) is 14.3 Å². The monoisotopic (exact) mass is 672 g/mol. The van der Waals surface area contributed by atoms with E-state index >= 15 is 0 Å². The van der Waals surface area contributed by atoms with Gasteiger partial charge >= 0.3 is 6.18 Å². The molecule has 2 N–H and O–H groups in total. The number of aromatic nitrogens is 8. The van der Waals surface area contributed by atoms with Gasteiger partial charge < -0.3 is 10.6 Å².